The van der Waals surface area contributed by atoms with Gasteiger partial charge in [0.25, 0.3) is 5.91 Å². The lowest BCUT2D eigenvalue weighted by Gasteiger charge is -2.30. The highest BCUT2D eigenvalue weighted by Gasteiger charge is 2.29. The zero-order chi connectivity index (χ0) is 17.9. The van der Waals surface area contributed by atoms with Crippen molar-refractivity contribution in [3.63, 3.8) is 0 Å². The Morgan fingerprint density at radius 3 is 2.58 bits per heavy atom. The fourth-order valence-corrected chi connectivity index (χ4v) is 2.47. The first-order valence-corrected chi connectivity index (χ1v) is 8.06. The van der Waals surface area contributed by atoms with Gasteiger partial charge in [-0.2, -0.15) is 5.26 Å². The van der Waals surface area contributed by atoms with Gasteiger partial charge in [0.05, 0.1) is 12.5 Å². The Morgan fingerprint density at radius 2 is 2.08 bits per heavy atom. The molecule has 0 saturated carbocycles. The largest absolute Gasteiger partial charge is 0.466 e. The van der Waals surface area contributed by atoms with Crippen molar-refractivity contribution in [1.82, 2.24) is 9.80 Å². The van der Waals surface area contributed by atoms with E-state index >= 15 is 0 Å². The van der Waals surface area contributed by atoms with Gasteiger partial charge in [-0.3, -0.25) is 14.4 Å². The lowest BCUT2D eigenvalue weighted by molar-refractivity contribution is -0.150. The molecule has 0 aromatic rings. The van der Waals surface area contributed by atoms with Crippen LogP contribution >= 0.6 is 0 Å². The number of nitrogens with two attached hydrogens (primary N) is 1. The number of nitriles is 1. The summed E-state index contributed by atoms with van der Waals surface area (Å²) in [5.41, 5.74) is 5.29. The molecule has 0 radical (unpaired) electrons. The minimum atomic E-state index is -0.431. The van der Waals surface area contributed by atoms with Crippen molar-refractivity contribution in [2.45, 2.75) is 26.2 Å². The monoisotopic (exact) mass is 336 g/mol. The fraction of sp³-hybridized carbons (Fsp3) is 0.625. The molecule has 8 heteroatoms. The summed E-state index contributed by atoms with van der Waals surface area (Å²) in [6, 6.07) is 1.84. The maximum absolute atomic E-state index is 12.4. The summed E-state index contributed by atoms with van der Waals surface area (Å²) in [5, 5.41) is 9.20. The maximum atomic E-state index is 12.4. The summed E-state index contributed by atoms with van der Waals surface area (Å²) < 4.78 is 4.99. The highest BCUT2D eigenvalue weighted by atomic mass is 16.5. The molecule has 0 spiro atoms. The predicted molar refractivity (Wildman–Crippen MR) is 86.1 cm³/mol. The van der Waals surface area contributed by atoms with Crippen LogP contribution in [0.1, 0.15) is 26.2 Å². The average Bonchev–Trinajstić information content (AvgIpc) is 2.62. The molecule has 8 nitrogen and oxygen atoms in total. The lowest BCUT2D eigenvalue weighted by Crippen LogP contribution is -2.41. The summed E-state index contributed by atoms with van der Waals surface area (Å²) in [6.07, 6.45) is 3.41. The normalized spacial score (nSPS) is 15.5. The highest BCUT2D eigenvalue weighted by molar-refractivity contribution is 5.97. The minimum absolute atomic E-state index is 0.103. The Kier molecular flexibility index (Phi) is 8.50. The van der Waals surface area contributed by atoms with Crippen LogP contribution in [0.25, 0.3) is 0 Å². The molecule has 0 aliphatic carbocycles. The second-order valence-electron chi connectivity index (χ2n) is 5.46. The van der Waals surface area contributed by atoms with Crippen LogP contribution in [0.2, 0.25) is 0 Å². The van der Waals surface area contributed by atoms with Gasteiger partial charge in [-0.15, -0.1) is 0 Å². The van der Waals surface area contributed by atoms with Gasteiger partial charge < -0.3 is 20.3 Å². The molecule has 2 amide bonds. The van der Waals surface area contributed by atoms with Crippen LogP contribution in [0, 0.1) is 17.2 Å². The molecule has 0 aromatic carbocycles. The highest BCUT2D eigenvalue weighted by Crippen LogP contribution is 2.20. The van der Waals surface area contributed by atoms with E-state index in [9.17, 15) is 19.6 Å². The van der Waals surface area contributed by atoms with Gasteiger partial charge in [-0.25, -0.2) is 0 Å². The van der Waals surface area contributed by atoms with E-state index in [1.165, 1.54) is 16.0 Å². The molecule has 1 aliphatic heterocycles. The van der Waals surface area contributed by atoms with Gasteiger partial charge in [-0.05, 0) is 32.7 Å². The number of carbonyl (C=O) groups is 3. The van der Waals surface area contributed by atoms with Crippen molar-refractivity contribution < 1.29 is 19.1 Å². The molecule has 1 fully saturated rings. The van der Waals surface area contributed by atoms with Crippen LogP contribution in [0.4, 0.5) is 0 Å². The standard InChI is InChI=1S/C16H24N4O4/c1-2-24-16(23)13-4-8-20(9-5-13)15(22)14(10-18)11-19(12-21)7-3-6-17/h11-13H,2-9,17H2,1H3/b14-11-. The molecule has 0 atom stereocenters. The molecule has 132 valence electrons. The van der Waals surface area contributed by atoms with Crippen LogP contribution in [0.3, 0.4) is 0 Å². The summed E-state index contributed by atoms with van der Waals surface area (Å²) in [6.45, 7) is 3.61. The molecule has 2 N–H and O–H groups in total. The smallest absolute Gasteiger partial charge is 0.309 e. The average molecular weight is 336 g/mol. The van der Waals surface area contributed by atoms with Gasteiger partial charge in [0.15, 0.2) is 0 Å². The number of rotatable bonds is 8. The van der Waals surface area contributed by atoms with Crippen molar-refractivity contribution in [1.29, 1.82) is 5.26 Å². The molecule has 1 heterocycles. The van der Waals surface area contributed by atoms with E-state index in [0.717, 1.165) is 0 Å². The number of ether oxygens (including phenoxy) is 1. The number of hydrogen-bond donors (Lipinski definition) is 1. The maximum Gasteiger partial charge on any atom is 0.309 e. The third-order valence-corrected chi connectivity index (χ3v) is 3.80. The molecule has 1 rings (SSSR count). The lowest BCUT2D eigenvalue weighted by atomic mass is 9.96. The van der Waals surface area contributed by atoms with E-state index in [1.807, 2.05) is 6.07 Å². The Labute approximate surface area is 141 Å². The van der Waals surface area contributed by atoms with Crippen molar-refractivity contribution in [3.05, 3.63) is 11.8 Å². The summed E-state index contributed by atoms with van der Waals surface area (Å²) >= 11 is 0. The molecule has 1 saturated heterocycles. The van der Waals surface area contributed by atoms with Crippen LogP contribution in [0.15, 0.2) is 11.8 Å². The molecular formula is C16H24N4O4. The van der Waals surface area contributed by atoms with Crippen molar-refractivity contribution >= 4 is 18.3 Å². The van der Waals surface area contributed by atoms with Crippen LogP contribution < -0.4 is 5.73 Å². The van der Waals surface area contributed by atoms with Crippen LogP contribution in [-0.2, 0) is 19.1 Å². The Bertz CT molecular complexity index is 519. The van der Waals surface area contributed by atoms with Gasteiger partial charge in [-0.1, -0.05) is 0 Å². The Morgan fingerprint density at radius 1 is 1.42 bits per heavy atom. The van der Waals surface area contributed by atoms with Crippen LogP contribution in [0.5, 0.6) is 0 Å². The minimum Gasteiger partial charge on any atom is -0.466 e. The molecule has 1 aliphatic rings. The topological polar surface area (TPSA) is 117 Å². The third-order valence-electron chi connectivity index (χ3n) is 3.80. The SMILES string of the molecule is CCOC(=O)C1CCN(C(=O)/C(C#N)=C\N(C=O)CCCN)CC1. The van der Waals surface area contributed by atoms with E-state index in [-0.39, 0.29) is 17.5 Å². The number of hydrogen-bond acceptors (Lipinski definition) is 6. The molecular weight excluding hydrogens is 312 g/mol. The van der Waals surface area contributed by atoms with Gasteiger partial charge in [0.1, 0.15) is 11.6 Å². The second-order valence-corrected chi connectivity index (χ2v) is 5.46. The van der Waals surface area contributed by atoms with Crippen molar-refractivity contribution in [2.75, 3.05) is 32.8 Å². The van der Waals surface area contributed by atoms with Gasteiger partial charge in [0, 0.05) is 25.8 Å². The Balaban J connectivity index is 2.66. The van der Waals surface area contributed by atoms with Crippen molar-refractivity contribution in [2.24, 2.45) is 11.7 Å². The summed E-state index contributed by atoms with van der Waals surface area (Å²) in [4.78, 5) is 37.9. The van der Waals surface area contributed by atoms with Gasteiger partial charge >= 0.3 is 5.97 Å². The third kappa shape index (κ3) is 5.66. The van der Waals surface area contributed by atoms with Crippen molar-refractivity contribution in [3.8, 4) is 6.07 Å². The number of esters is 1. The van der Waals surface area contributed by atoms with E-state index < -0.39 is 5.91 Å². The Hall–Kier alpha value is -2.40. The van der Waals surface area contributed by atoms with E-state index in [2.05, 4.69) is 0 Å². The van der Waals surface area contributed by atoms with E-state index in [0.29, 0.717) is 58.5 Å². The van der Waals surface area contributed by atoms with E-state index in [1.54, 1.807) is 6.92 Å². The first-order valence-electron chi connectivity index (χ1n) is 8.06. The quantitative estimate of drug-likeness (QED) is 0.289. The summed E-state index contributed by atoms with van der Waals surface area (Å²) in [7, 11) is 0. The fourth-order valence-electron chi connectivity index (χ4n) is 2.47. The van der Waals surface area contributed by atoms with Gasteiger partial charge in [0.2, 0.25) is 6.41 Å². The number of piperidine rings is 1. The zero-order valence-electron chi connectivity index (χ0n) is 13.9. The first-order chi connectivity index (χ1) is 11.6. The second kappa shape index (κ2) is 10.4. The van der Waals surface area contributed by atoms with E-state index in [4.69, 9.17) is 10.5 Å². The number of amides is 2. The predicted octanol–water partition coefficient (Wildman–Crippen LogP) is 0.00278. The first kappa shape index (κ1) is 19.6. The summed E-state index contributed by atoms with van der Waals surface area (Å²) in [5.74, 6) is -0.881. The molecule has 24 heavy (non-hydrogen) atoms. The number of carbonyl (C=O) groups excluding carboxylic acids is 3. The number of likely N-dealkylation sites (tertiary alicyclic amines) is 1. The molecule has 0 aromatic heterocycles. The molecule has 0 bridgehead atoms. The zero-order valence-corrected chi connectivity index (χ0v) is 13.9. The van der Waals surface area contributed by atoms with Crippen LogP contribution in [-0.4, -0.2) is 60.9 Å². The number of nitrogens with zero attached hydrogens (tertiary/aromatic N) is 3. The molecule has 0 unspecified atom stereocenters.